The molecule has 4 heteroatoms. The Bertz CT molecular complexity index is 224. The van der Waals surface area contributed by atoms with Crippen molar-refractivity contribution in [1.82, 2.24) is 4.90 Å². The molecule has 0 aliphatic carbocycles. The monoisotopic (exact) mass is 215 g/mol. The van der Waals surface area contributed by atoms with E-state index in [1.54, 1.807) is 0 Å². The van der Waals surface area contributed by atoms with Crippen LogP contribution < -0.4 is 0 Å². The summed E-state index contributed by atoms with van der Waals surface area (Å²) in [6.07, 6.45) is 1.01. The predicted octanol–water partition coefficient (Wildman–Crippen LogP) is 1.34. The zero-order valence-corrected chi connectivity index (χ0v) is 9.59. The summed E-state index contributed by atoms with van der Waals surface area (Å²) in [6.45, 7) is 4.45. The minimum atomic E-state index is -0.0256. The predicted molar refractivity (Wildman–Crippen MR) is 58.1 cm³/mol. The zero-order valence-electron chi connectivity index (χ0n) is 8.69. The summed E-state index contributed by atoms with van der Waals surface area (Å²) in [5, 5.41) is 0. The van der Waals surface area contributed by atoms with Gasteiger partial charge in [0, 0.05) is 19.4 Å². The van der Waals surface area contributed by atoms with Crippen molar-refractivity contribution in [3.05, 3.63) is 0 Å². The first-order valence-electron chi connectivity index (χ1n) is 4.98. The molecule has 0 aromatic heterocycles. The van der Waals surface area contributed by atoms with Crippen molar-refractivity contribution in [2.75, 3.05) is 12.3 Å². The number of rotatable bonds is 3. The Morgan fingerprint density at radius 1 is 1.43 bits per heavy atom. The molecule has 2 amide bonds. The van der Waals surface area contributed by atoms with Crippen LogP contribution >= 0.6 is 12.6 Å². The van der Waals surface area contributed by atoms with Crippen LogP contribution in [0.25, 0.3) is 0 Å². The van der Waals surface area contributed by atoms with Gasteiger partial charge in [-0.05, 0) is 17.6 Å². The smallest absolute Gasteiger partial charge is 0.229 e. The van der Waals surface area contributed by atoms with Crippen molar-refractivity contribution in [1.29, 1.82) is 0 Å². The molecule has 1 rings (SSSR count). The standard InChI is InChI=1S/C10H17NO2S/c1-7-3-9(12)11(10(13)4-7)5-8(2)6-14/h7-8,14H,3-6H2,1-2H3. The summed E-state index contributed by atoms with van der Waals surface area (Å²) < 4.78 is 0. The van der Waals surface area contributed by atoms with E-state index in [4.69, 9.17) is 0 Å². The van der Waals surface area contributed by atoms with Crippen LogP contribution in [0.2, 0.25) is 0 Å². The second-order valence-corrected chi connectivity index (χ2v) is 4.56. The summed E-state index contributed by atoms with van der Waals surface area (Å²) in [5.74, 6) is 1.13. The molecule has 1 heterocycles. The molecule has 0 bridgehead atoms. The quantitative estimate of drug-likeness (QED) is 0.570. The van der Waals surface area contributed by atoms with E-state index in [2.05, 4.69) is 12.6 Å². The molecule has 1 atom stereocenters. The maximum absolute atomic E-state index is 11.5. The van der Waals surface area contributed by atoms with Gasteiger partial charge >= 0.3 is 0 Å². The third kappa shape index (κ3) is 2.74. The highest BCUT2D eigenvalue weighted by Crippen LogP contribution is 2.19. The van der Waals surface area contributed by atoms with Crippen LogP contribution in [0.3, 0.4) is 0 Å². The number of carbonyl (C=O) groups is 2. The molecule has 1 saturated heterocycles. The summed E-state index contributed by atoms with van der Waals surface area (Å²) in [7, 11) is 0. The van der Waals surface area contributed by atoms with Gasteiger partial charge in [0.15, 0.2) is 0 Å². The Morgan fingerprint density at radius 2 is 1.93 bits per heavy atom. The van der Waals surface area contributed by atoms with Crippen LogP contribution in [0.5, 0.6) is 0 Å². The second kappa shape index (κ2) is 4.82. The number of hydrogen-bond donors (Lipinski definition) is 1. The van der Waals surface area contributed by atoms with Gasteiger partial charge in [0.25, 0.3) is 0 Å². The van der Waals surface area contributed by atoms with Gasteiger partial charge in [0.2, 0.25) is 11.8 Å². The minimum absolute atomic E-state index is 0.0256. The first-order valence-corrected chi connectivity index (χ1v) is 5.62. The number of hydrogen-bond acceptors (Lipinski definition) is 3. The summed E-state index contributed by atoms with van der Waals surface area (Å²) in [6, 6.07) is 0. The molecule has 1 aliphatic heterocycles. The molecule has 0 saturated carbocycles. The minimum Gasteiger partial charge on any atom is -0.282 e. The Labute approximate surface area is 90.3 Å². The Morgan fingerprint density at radius 3 is 2.36 bits per heavy atom. The van der Waals surface area contributed by atoms with Gasteiger partial charge < -0.3 is 0 Å². The lowest BCUT2D eigenvalue weighted by Crippen LogP contribution is -2.45. The van der Waals surface area contributed by atoms with E-state index in [9.17, 15) is 9.59 Å². The van der Waals surface area contributed by atoms with E-state index in [-0.39, 0.29) is 23.7 Å². The van der Waals surface area contributed by atoms with E-state index >= 15 is 0 Å². The van der Waals surface area contributed by atoms with Gasteiger partial charge in [-0.3, -0.25) is 14.5 Å². The lowest BCUT2D eigenvalue weighted by molar-refractivity contribution is -0.150. The molecule has 1 unspecified atom stereocenters. The molecule has 14 heavy (non-hydrogen) atoms. The number of likely N-dealkylation sites (tertiary alicyclic amines) is 1. The van der Waals surface area contributed by atoms with Crippen molar-refractivity contribution in [2.45, 2.75) is 26.7 Å². The fourth-order valence-electron chi connectivity index (χ4n) is 1.60. The van der Waals surface area contributed by atoms with Crippen molar-refractivity contribution < 1.29 is 9.59 Å². The normalized spacial score (nSPS) is 21.5. The number of imide groups is 1. The largest absolute Gasteiger partial charge is 0.282 e. The van der Waals surface area contributed by atoms with Crippen LogP contribution in [0.4, 0.5) is 0 Å². The average molecular weight is 215 g/mol. The zero-order chi connectivity index (χ0) is 10.7. The van der Waals surface area contributed by atoms with Crippen LogP contribution in [0.1, 0.15) is 26.7 Å². The van der Waals surface area contributed by atoms with E-state index < -0.39 is 0 Å². The molecular formula is C10H17NO2S. The van der Waals surface area contributed by atoms with Gasteiger partial charge in [-0.2, -0.15) is 12.6 Å². The van der Waals surface area contributed by atoms with Crippen LogP contribution in [-0.2, 0) is 9.59 Å². The first kappa shape index (κ1) is 11.6. The van der Waals surface area contributed by atoms with E-state index in [1.165, 1.54) is 4.90 Å². The van der Waals surface area contributed by atoms with Crippen molar-refractivity contribution >= 4 is 24.4 Å². The van der Waals surface area contributed by atoms with Gasteiger partial charge in [-0.25, -0.2) is 0 Å². The summed E-state index contributed by atoms with van der Waals surface area (Å²) in [5.41, 5.74) is 0. The van der Waals surface area contributed by atoms with Crippen LogP contribution in [0.15, 0.2) is 0 Å². The molecule has 80 valence electrons. The maximum Gasteiger partial charge on any atom is 0.229 e. The van der Waals surface area contributed by atoms with Gasteiger partial charge in [-0.15, -0.1) is 0 Å². The number of carbonyl (C=O) groups excluding carboxylic acids is 2. The number of thiol groups is 1. The number of nitrogens with zero attached hydrogens (tertiary/aromatic N) is 1. The molecule has 0 aromatic carbocycles. The van der Waals surface area contributed by atoms with Gasteiger partial charge in [0.05, 0.1) is 0 Å². The summed E-state index contributed by atoms with van der Waals surface area (Å²) >= 11 is 4.14. The van der Waals surface area contributed by atoms with E-state index in [0.29, 0.717) is 25.1 Å². The maximum atomic E-state index is 11.5. The van der Waals surface area contributed by atoms with Crippen molar-refractivity contribution in [3.63, 3.8) is 0 Å². The van der Waals surface area contributed by atoms with Crippen LogP contribution in [-0.4, -0.2) is 29.0 Å². The summed E-state index contributed by atoms with van der Waals surface area (Å²) in [4.78, 5) is 24.5. The third-order valence-electron chi connectivity index (χ3n) is 2.45. The topological polar surface area (TPSA) is 37.4 Å². The second-order valence-electron chi connectivity index (χ2n) is 4.20. The third-order valence-corrected chi connectivity index (χ3v) is 3.08. The Kier molecular flexibility index (Phi) is 3.98. The first-order chi connectivity index (χ1) is 6.54. The molecule has 0 N–H and O–H groups in total. The lowest BCUT2D eigenvalue weighted by Gasteiger charge is -2.29. The van der Waals surface area contributed by atoms with Gasteiger partial charge in [0.1, 0.15) is 0 Å². The molecular weight excluding hydrogens is 198 g/mol. The van der Waals surface area contributed by atoms with Crippen molar-refractivity contribution in [3.8, 4) is 0 Å². The number of piperidine rings is 1. The molecule has 1 fully saturated rings. The molecule has 0 spiro atoms. The molecule has 3 nitrogen and oxygen atoms in total. The Balaban J connectivity index is 2.59. The van der Waals surface area contributed by atoms with Gasteiger partial charge in [-0.1, -0.05) is 13.8 Å². The molecule has 0 aromatic rings. The van der Waals surface area contributed by atoms with Crippen LogP contribution in [0, 0.1) is 11.8 Å². The SMILES string of the molecule is CC1CC(=O)N(CC(C)CS)C(=O)C1. The highest BCUT2D eigenvalue weighted by atomic mass is 32.1. The van der Waals surface area contributed by atoms with E-state index in [0.717, 1.165) is 0 Å². The fraction of sp³-hybridized carbons (Fsp3) is 0.800. The van der Waals surface area contributed by atoms with Crippen molar-refractivity contribution in [2.24, 2.45) is 11.8 Å². The Hall–Kier alpha value is -0.510. The van der Waals surface area contributed by atoms with E-state index in [1.807, 2.05) is 13.8 Å². The molecule has 0 radical (unpaired) electrons. The number of amides is 2. The molecule has 1 aliphatic rings. The fourth-order valence-corrected chi connectivity index (χ4v) is 1.72. The lowest BCUT2D eigenvalue weighted by atomic mass is 9.97. The highest BCUT2D eigenvalue weighted by molar-refractivity contribution is 7.80. The highest BCUT2D eigenvalue weighted by Gasteiger charge is 2.30. The average Bonchev–Trinajstić information content (AvgIpc) is 2.10.